The van der Waals surface area contributed by atoms with Crippen LogP contribution in [0.5, 0.6) is 11.5 Å². The molecule has 0 atom stereocenters. The fourth-order valence-corrected chi connectivity index (χ4v) is 2.09. The minimum Gasteiger partial charge on any atom is -0.493 e. The van der Waals surface area contributed by atoms with Crippen LogP contribution in [0.25, 0.3) is 0 Å². The Balaban J connectivity index is 2.18. The molecule has 2 rings (SSSR count). The monoisotopic (exact) mass is 350 g/mol. The second-order valence-corrected chi connectivity index (χ2v) is 4.96. The number of amides is 2. The van der Waals surface area contributed by atoms with Crippen molar-refractivity contribution in [1.29, 1.82) is 0 Å². The Labute approximate surface area is 142 Å². The third-order valence-electron chi connectivity index (χ3n) is 3.08. The van der Waals surface area contributed by atoms with Crippen LogP contribution in [0.4, 0.5) is 20.2 Å². The summed E-state index contributed by atoms with van der Waals surface area (Å²) in [4.78, 5) is 23.4. The predicted octanol–water partition coefficient (Wildman–Crippen LogP) is 3.51. The summed E-state index contributed by atoms with van der Waals surface area (Å²) in [5.41, 5.74) is 1.02. The fourth-order valence-electron chi connectivity index (χ4n) is 2.09. The summed E-state index contributed by atoms with van der Waals surface area (Å²) in [7, 11) is 1.32. The summed E-state index contributed by atoms with van der Waals surface area (Å²) >= 11 is 0. The maximum absolute atomic E-state index is 12.4. The zero-order chi connectivity index (χ0) is 18.4. The normalized spacial score (nSPS) is 10.3. The summed E-state index contributed by atoms with van der Waals surface area (Å²) in [5.74, 6) is -0.810. The Bertz CT molecular complexity index is 781. The molecule has 0 aliphatic heterocycles. The Hall–Kier alpha value is -3.16. The van der Waals surface area contributed by atoms with Crippen molar-refractivity contribution in [3.63, 3.8) is 0 Å². The van der Waals surface area contributed by atoms with E-state index in [4.69, 9.17) is 4.74 Å². The van der Waals surface area contributed by atoms with Gasteiger partial charge in [-0.05, 0) is 30.3 Å². The van der Waals surface area contributed by atoms with E-state index in [9.17, 15) is 18.4 Å². The van der Waals surface area contributed by atoms with Crippen molar-refractivity contribution in [2.45, 2.75) is 13.5 Å². The standard InChI is InChI=1S/C17H16F2N2O4/c1-10(22)20-12-5-3-4-11(8-12)16(23)21-13-6-7-14(24-2)15(9-13)25-17(18)19/h3-9,17H,1-2H3,(H,20,22)(H,21,23). The third-order valence-corrected chi connectivity index (χ3v) is 3.08. The van der Waals surface area contributed by atoms with Crippen molar-refractivity contribution in [2.24, 2.45) is 0 Å². The van der Waals surface area contributed by atoms with Gasteiger partial charge in [-0.1, -0.05) is 6.07 Å². The molecule has 0 unspecified atom stereocenters. The molecule has 0 aromatic heterocycles. The number of alkyl halides is 2. The first-order valence-corrected chi connectivity index (χ1v) is 7.21. The summed E-state index contributed by atoms with van der Waals surface area (Å²) in [6.07, 6.45) is 0. The molecule has 0 fully saturated rings. The molecule has 2 amide bonds. The van der Waals surface area contributed by atoms with Crippen LogP contribution < -0.4 is 20.1 Å². The van der Waals surface area contributed by atoms with Gasteiger partial charge in [0.25, 0.3) is 5.91 Å². The number of halogens is 2. The van der Waals surface area contributed by atoms with E-state index in [0.717, 1.165) is 0 Å². The van der Waals surface area contributed by atoms with Crippen LogP contribution >= 0.6 is 0 Å². The molecule has 0 heterocycles. The lowest BCUT2D eigenvalue weighted by Crippen LogP contribution is -2.13. The van der Waals surface area contributed by atoms with E-state index in [1.807, 2.05) is 0 Å². The van der Waals surface area contributed by atoms with Crippen molar-refractivity contribution in [2.75, 3.05) is 17.7 Å². The van der Waals surface area contributed by atoms with Gasteiger partial charge in [0.2, 0.25) is 5.91 Å². The average Bonchev–Trinajstić information content (AvgIpc) is 2.54. The van der Waals surface area contributed by atoms with Gasteiger partial charge in [0.15, 0.2) is 11.5 Å². The number of carbonyl (C=O) groups is 2. The zero-order valence-electron chi connectivity index (χ0n) is 13.5. The lowest BCUT2D eigenvalue weighted by molar-refractivity contribution is -0.114. The molecule has 2 aromatic carbocycles. The summed E-state index contributed by atoms with van der Waals surface area (Å²) in [6.45, 7) is -1.66. The van der Waals surface area contributed by atoms with E-state index >= 15 is 0 Å². The van der Waals surface area contributed by atoms with E-state index in [-0.39, 0.29) is 23.1 Å². The molecule has 0 bridgehead atoms. The van der Waals surface area contributed by atoms with Gasteiger partial charge >= 0.3 is 6.61 Å². The number of hydrogen-bond donors (Lipinski definition) is 2. The van der Waals surface area contributed by atoms with Crippen molar-refractivity contribution in [1.82, 2.24) is 0 Å². The largest absolute Gasteiger partial charge is 0.493 e. The van der Waals surface area contributed by atoms with Crippen LogP contribution in [0.1, 0.15) is 17.3 Å². The van der Waals surface area contributed by atoms with Gasteiger partial charge in [0.1, 0.15) is 0 Å². The van der Waals surface area contributed by atoms with Crippen molar-refractivity contribution < 1.29 is 27.8 Å². The molecule has 25 heavy (non-hydrogen) atoms. The predicted molar refractivity (Wildman–Crippen MR) is 88.3 cm³/mol. The SMILES string of the molecule is COc1ccc(NC(=O)c2cccc(NC(C)=O)c2)cc1OC(F)F. The van der Waals surface area contributed by atoms with Gasteiger partial charge in [0.05, 0.1) is 7.11 Å². The zero-order valence-corrected chi connectivity index (χ0v) is 13.5. The fraction of sp³-hybridized carbons (Fsp3) is 0.176. The van der Waals surface area contributed by atoms with E-state index in [0.29, 0.717) is 11.3 Å². The Morgan fingerprint density at radius 2 is 1.72 bits per heavy atom. The maximum atomic E-state index is 12.4. The highest BCUT2D eigenvalue weighted by Crippen LogP contribution is 2.31. The molecule has 8 heteroatoms. The van der Waals surface area contributed by atoms with Gasteiger partial charge in [-0.25, -0.2) is 0 Å². The molecule has 6 nitrogen and oxygen atoms in total. The molecule has 0 saturated heterocycles. The minimum atomic E-state index is -3.02. The smallest absolute Gasteiger partial charge is 0.387 e. The van der Waals surface area contributed by atoms with Gasteiger partial charge in [0, 0.05) is 29.9 Å². The first-order chi connectivity index (χ1) is 11.9. The highest BCUT2D eigenvalue weighted by Gasteiger charge is 2.13. The quantitative estimate of drug-likeness (QED) is 0.836. The first-order valence-electron chi connectivity index (χ1n) is 7.21. The van der Waals surface area contributed by atoms with Crippen molar-refractivity contribution in [3.05, 3.63) is 48.0 Å². The minimum absolute atomic E-state index is 0.117. The lowest BCUT2D eigenvalue weighted by atomic mass is 10.1. The Morgan fingerprint density at radius 1 is 1.00 bits per heavy atom. The number of nitrogens with one attached hydrogen (secondary N) is 2. The molecule has 132 valence electrons. The number of hydrogen-bond acceptors (Lipinski definition) is 4. The second kappa shape index (κ2) is 8.09. The number of benzene rings is 2. The van der Waals surface area contributed by atoms with Gasteiger partial charge in [-0.2, -0.15) is 8.78 Å². The number of ether oxygens (including phenoxy) is 2. The number of anilines is 2. The average molecular weight is 350 g/mol. The molecule has 0 spiro atoms. The Kier molecular flexibility index (Phi) is 5.89. The van der Waals surface area contributed by atoms with Crippen molar-refractivity contribution in [3.8, 4) is 11.5 Å². The number of carbonyl (C=O) groups excluding carboxylic acids is 2. The van der Waals surface area contributed by atoms with Crippen LogP contribution in [-0.4, -0.2) is 25.5 Å². The molecular weight excluding hydrogens is 334 g/mol. The first kappa shape index (κ1) is 18.2. The highest BCUT2D eigenvalue weighted by atomic mass is 19.3. The van der Waals surface area contributed by atoms with Gasteiger partial charge < -0.3 is 20.1 Å². The van der Waals surface area contributed by atoms with Crippen LogP contribution in [-0.2, 0) is 4.79 Å². The molecule has 0 aliphatic carbocycles. The number of rotatable bonds is 6. The van der Waals surface area contributed by atoms with E-state index in [1.165, 1.54) is 38.3 Å². The van der Waals surface area contributed by atoms with Crippen LogP contribution in [0.2, 0.25) is 0 Å². The second-order valence-electron chi connectivity index (χ2n) is 4.96. The van der Waals surface area contributed by atoms with Crippen LogP contribution in [0.15, 0.2) is 42.5 Å². The van der Waals surface area contributed by atoms with E-state index < -0.39 is 12.5 Å². The molecule has 2 aromatic rings. The molecule has 0 aliphatic rings. The van der Waals surface area contributed by atoms with Crippen molar-refractivity contribution >= 4 is 23.2 Å². The van der Waals surface area contributed by atoms with E-state index in [1.54, 1.807) is 18.2 Å². The molecule has 0 radical (unpaired) electrons. The summed E-state index contributed by atoms with van der Waals surface area (Å²) in [6, 6.07) is 10.4. The van der Waals surface area contributed by atoms with Gasteiger partial charge in [-0.15, -0.1) is 0 Å². The maximum Gasteiger partial charge on any atom is 0.387 e. The van der Waals surface area contributed by atoms with Crippen LogP contribution in [0.3, 0.4) is 0 Å². The third kappa shape index (κ3) is 5.17. The van der Waals surface area contributed by atoms with E-state index in [2.05, 4.69) is 15.4 Å². The number of methoxy groups -OCH3 is 1. The van der Waals surface area contributed by atoms with Gasteiger partial charge in [-0.3, -0.25) is 9.59 Å². The summed E-state index contributed by atoms with van der Waals surface area (Å²) < 4.78 is 34.2. The molecule has 2 N–H and O–H groups in total. The van der Waals surface area contributed by atoms with Crippen LogP contribution in [0, 0.1) is 0 Å². The highest BCUT2D eigenvalue weighted by molar-refractivity contribution is 6.05. The molecule has 0 saturated carbocycles. The Morgan fingerprint density at radius 3 is 2.36 bits per heavy atom. The lowest BCUT2D eigenvalue weighted by Gasteiger charge is -2.12. The molecular formula is C17H16F2N2O4. The summed E-state index contributed by atoms with van der Waals surface area (Å²) in [5, 5.41) is 5.14. The topological polar surface area (TPSA) is 76.7 Å².